The zero-order chi connectivity index (χ0) is 20.1. The van der Waals surface area contributed by atoms with E-state index in [9.17, 15) is 9.59 Å². The van der Waals surface area contributed by atoms with Crippen molar-refractivity contribution in [2.75, 3.05) is 33.9 Å². The molecule has 1 saturated heterocycles. The van der Waals surface area contributed by atoms with Crippen LogP contribution in [0.5, 0.6) is 11.5 Å². The van der Waals surface area contributed by atoms with Gasteiger partial charge in [0.15, 0.2) is 11.5 Å². The van der Waals surface area contributed by atoms with Gasteiger partial charge >= 0.3 is 0 Å². The predicted octanol–water partition coefficient (Wildman–Crippen LogP) is 1.51. The molecule has 3 rings (SSSR count). The van der Waals surface area contributed by atoms with E-state index in [1.807, 2.05) is 23.1 Å². The van der Waals surface area contributed by atoms with Crippen molar-refractivity contribution in [2.45, 2.75) is 18.9 Å². The number of hydrogen-bond donors (Lipinski definition) is 2. The van der Waals surface area contributed by atoms with Crippen LogP contribution in [0, 0.1) is 0 Å². The van der Waals surface area contributed by atoms with Gasteiger partial charge in [-0.3, -0.25) is 14.5 Å². The highest BCUT2D eigenvalue weighted by atomic mass is 32.1. The number of hydrogen-bond acceptors (Lipinski definition) is 7. The van der Waals surface area contributed by atoms with Gasteiger partial charge in [-0.05, 0) is 31.0 Å². The van der Waals surface area contributed by atoms with Crippen LogP contribution in [-0.4, -0.2) is 61.6 Å². The molecule has 28 heavy (non-hydrogen) atoms. The molecule has 1 aromatic heterocycles. The quantitative estimate of drug-likeness (QED) is 0.724. The standard InChI is InChI=1S/C19H24N4O4S/c1-26-15-4-3-12(9-16(15)27-2)19-22-14(11-28-19)18(25)21-13-5-7-23(8-6-13)10-17(20)24/h3-4,9,11,13H,5-8,10H2,1-2H3,(H2,20,24)(H,21,25). The van der Waals surface area contributed by atoms with Crippen molar-refractivity contribution in [3.63, 3.8) is 0 Å². The predicted molar refractivity (Wildman–Crippen MR) is 107 cm³/mol. The molecule has 0 atom stereocenters. The van der Waals surface area contributed by atoms with Crippen LogP contribution in [0.4, 0.5) is 0 Å². The molecular weight excluding hydrogens is 380 g/mol. The number of benzene rings is 1. The number of carbonyl (C=O) groups is 2. The van der Waals surface area contributed by atoms with E-state index < -0.39 is 0 Å². The highest BCUT2D eigenvalue weighted by Gasteiger charge is 2.23. The number of methoxy groups -OCH3 is 2. The highest BCUT2D eigenvalue weighted by molar-refractivity contribution is 7.13. The molecule has 0 saturated carbocycles. The molecule has 1 aromatic carbocycles. The van der Waals surface area contributed by atoms with E-state index in [0.29, 0.717) is 17.2 Å². The van der Waals surface area contributed by atoms with E-state index in [2.05, 4.69) is 10.3 Å². The lowest BCUT2D eigenvalue weighted by Gasteiger charge is -2.31. The Hall–Kier alpha value is -2.65. The van der Waals surface area contributed by atoms with Crippen molar-refractivity contribution in [3.8, 4) is 22.1 Å². The maximum Gasteiger partial charge on any atom is 0.270 e. The number of aromatic nitrogens is 1. The summed E-state index contributed by atoms with van der Waals surface area (Å²) in [5.41, 5.74) is 6.49. The topological polar surface area (TPSA) is 107 Å². The highest BCUT2D eigenvalue weighted by Crippen LogP contribution is 2.33. The summed E-state index contributed by atoms with van der Waals surface area (Å²) in [4.78, 5) is 30.0. The van der Waals surface area contributed by atoms with Crippen molar-refractivity contribution >= 4 is 23.2 Å². The summed E-state index contributed by atoms with van der Waals surface area (Å²) in [6.45, 7) is 1.74. The van der Waals surface area contributed by atoms with Crippen LogP contribution in [0.2, 0.25) is 0 Å². The first-order chi connectivity index (χ1) is 13.5. The van der Waals surface area contributed by atoms with Gasteiger partial charge in [0.05, 0.1) is 20.8 Å². The van der Waals surface area contributed by atoms with E-state index in [1.54, 1.807) is 19.6 Å². The minimum absolute atomic E-state index is 0.0721. The Kier molecular flexibility index (Phi) is 6.48. The monoisotopic (exact) mass is 404 g/mol. The molecular formula is C19H24N4O4S. The minimum atomic E-state index is -0.326. The number of piperidine rings is 1. The van der Waals surface area contributed by atoms with Crippen LogP contribution in [-0.2, 0) is 4.79 Å². The molecule has 150 valence electrons. The normalized spacial score (nSPS) is 15.2. The first-order valence-electron chi connectivity index (χ1n) is 8.99. The number of carbonyl (C=O) groups excluding carboxylic acids is 2. The molecule has 0 unspecified atom stereocenters. The molecule has 2 amide bonds. The van der Waals surface area contributed by atoms with Crippen molar-refractivity contribution in [3.05, 3.63) is 29.3 Å². The Balaban J connectivity index is 1.61. The Morgan fingerprint density at radius 1 is 1.25 bits per heavy atom. The van der Waals surface area contributed by atoms with Crippen LogP contribution < -0.4 is 20.5 Å². The van der Waals surface area contributed by atoms with Crippen LogP contribution in [0.3, 0.4) is 0 Å². The summed E-state index contributed by atoms with van der Waals surface area (Å²) in [5.74, 6) is 0.747. The molecule has 2 aromatic rings. The molecule has 3 N–H and O–H groups in total. The van der Waals surface area contributed by atoms with Gasteiger partial charge in [-0.15, -0.1) is 11.3 Å². The van der Waals surface area contributed by atoms with Crippen molar-refractivity contribution in [1.29, 1.82) is 0 Å². The van der Waals surface area contributed by atoms with Crippen molar-refractivity contribution in [1.82, 2.24) is 15.2 Å². The lowest BCUT2D eigenvalue weighted by molar-refractivity contribution is -0.119. The van der Waals surface area contributed by atoms with Crippen LogP contribution in [0.15, 0.2) is 23.6 Å². The zero-order valence-corrected chi connectivity index (χ0v) is 16.8. The molecule has 0 bridgehead atoms. The SMILES string of the molecule is COc1ccc(-c2nc(C(=O)NC3CCN(CC(N)=O)CC3)cs2)cc1OC. The number of nitrogens with zero attached hydrogens (tertiary/aromatic N) is 2. The number of likely N-dealkylation sites (tertiary alicyclic amines) is 1. The Morgan fingerprint density at radius 2 is 1.96 bits per heavy atom. The fourth-order valence-corrected chi connectivity index (χ4v) is 3.99. The Labute approximate surface area is 167 Å². The number of rotatable bonds is 7. The van der Waals surface area contributed by atoms with Crippen LogP contribution in [0.25, 0.3) is 10.6 Å². The molecule has 8 nitrogen and oxygen atoms in total. The molecule has 9 heteroatoms. The van der Waals surface area contributed by atoms with E-state index in [1.165, 1.54) is 11.3 Å². The second-order valence-electron chi connectivity index (χ2n) is 6.60. The van der Waals surface area contributed by atoms with Crippen LogP contribution in [0.1, 0.15) is 23.3 Å². The van der Waals surface area contributed by atoms with E-state index in [-0.39, 0.29) is 24.4 Å². The van der Waals surface area contributed by atoms with Gasteiger partial charge in [0, 0.05) is 30.1 Å². The molecule has 0 aliphatic carbocycles. The van der Waals surface area contributed by atoms with Crippen molar-refractivity contribution < 1.29 is 19.1 Å². The summed E-state index contributed by atoms with van der Waals surface area (Å²) in [6.07, 6.45) is 1.57. The number of primary amides is 1. The van der Waals surface area contributed by atoms with Crippen molar-refractivity contribution in [2.24, 2.45) is 5.73 Å². The summed E-state index contributed by atoms with van der Waals surface area (Å²) in [6, 6.07) is 5.61. The van der Waals surface area contributed by atoms with Crippen LogP contribution >= 0.6 is 11.3 Å². The molecule has 1 fully saturated rings. The number of nitrogens with two attached hydrogens (primary N) is 1. The summed E-state index contributed by atoms with van der Waals surface area (Å²) < 4.78 is 10.6. The smallest absolute Gasteiger partial charge is 0.270 e. The molecule has 0 spiro atoms. The van der Waals surface area contributed by atoms with Gasteiger partial charge in [-0.25, -0.2) is 4.98 Å². The minimum Gasteiger partial charge on any atom is -0.493 e. The lowest BCUT2D eigenvalue weighted by atomic mass is 10.0. The van der Waals surface area contributed by atoms with E-state index in [0.717, 1.165) is 36.5 Å². The van der Waals surface area contributed by atoms with Gasteiger partial charge in [-0.1, -0.05) is 0 Å². The zero-order valence-electron chi connectivity index (χ0n) is 15.9. The van der Waals surface area contributed by atoms with Gasteiger partial charge in [0.1, 0.15) is 10.7 Å². The number of thiazole rings is 1. The Bertz CT molecular complexity index is 846. The van der Waals surface area contributed by atoms with E-state index in [4.69, 9.17) is 15.2 Å². The molecule has 1 aliphatic heterocycles. The summed E-state index contributed by atoms with van der Waals surface area (Å²) >= 11 is 1.40. The van der Waals surface area contributed by atoms with Gasteiger partial charge in [0.2, 0.25) is 5.91 Å². The number of ether oxygens (including phenoxy) is 2. The maximum atomic E-state index is 12.5. The van der Waals surface area contributed by atoms with E-state index >= 15 is 0 Å². The number of amides is 2. The third kappa shape index (κ3) is 4.79. The van der Waals surface area contributed by atoms with Gasteiger partial charge in [-0.2, -0.15) is 0 Å². The third-order valence-electron chi connectivity index (χ3n) is 4.67. The molecule has 2 heterocycles. The second-order valence-corrected chi connectivity index (χ2v) is 7.46. The molecule has 0 radical (unpaired) electrons. The van der Waals surface area contributed by atoms with Gasteiger partial charge < -0.3 is 20.5 Å². The summed E-state index contributed by atoms with van der Waals surface area (Å²) in [7, 11) is 3.17. The lowest BCUT2D eigenvalue weighted by Crippen LogP contribution is -2.46. The second kappa shape index (κ2) is 9.03. The fourth-order valence-electron chi connectivity index (χ4n) is 3.20. The number of nitrogens with one attached hydrogen (secondary N) is 1. The average molecular weight is 404 g/mol. The average Bonchev–Trinajstić information content (AvgIpc) is 3.19. The largest absolute Gasteiger partial charge is 0.493 e. The summed E-state index contributed by atoms with van der Waals surface area (Å²) in [5, 5.41) is 5.52. The first-order valence-corrected chi connectivity index (χ1v) is 9.87. The molecule has 1 aliphatic rings. The van der Waals surface area contributed by atoms with Gasteiger partial charge in [0.25, 0.3) is 5.91 Å². The Morgan fingerprint density at radius 3 is 2.61 bits per heavy atom. The fraction of sp³-hybridized carbons (Fsp3) is 0.421. The first kappa shape index (κ1) is 20.1. The third-order valence-corrected chi connectivity index (χ3v) is 5.56. The maximum absolute atomic E-state index is 12.5.